The second kappa shape index (κ2) is 2.95. The van der Waals surface area contributed by atoms with Crippen LogP contribution in [-0.4, -0.2) is 28.8 Å². The molecule has 1 fully saturated rings. The van der Waals surface area contributed by atoms with E-state index in [4.69, 9.17) is 0 Å². The Labute approximate surface area is 87.1 Å². The Balaban J connectivity index is 2.10. The van der Waals surface area contributed by atoms with Crippen molar-refractivity contribution in [3.8, 4) is 0 Å². The molecule has 15 heavy (non-hydrogen) atoms. The van der Waals surface area contributed by atoms with Crippen LogP contribution in [0.4, 0.5) is 10.1 Å². The summed E-state index contributed by atoms with van der Waals surface area (Å²) in [5, 5.41) is 0. The second-order valence-electron chi connectivity index (χ2n) is 4.00. The van der Waals surface area contributed by atoms with Crippen molar-refractivity contribution in [2.24, 2.45) is 7.05 Å². The van der Waals surface area contributed by atoms with Gasteiger partial charge >= 0.3 is 0 Å². The number of hydrogen-bond acceptors (Lipinski definition) is 2. The maximum absolute atomic E-state index is 12.8. The van der Waals surface area contributed by atoms with Gasteiger partial charge in [-0.1, -0.05) is 6.07 Å². The molecule has 1 aromatic carbocycles. The number of anilines is 1. The minimum absolute atomic E-state index is 0.496. The third-order valence-corrected chi connectivity index (χ3v) is 2.91. The van der Waals surface area contributed by atoms with Crippen LogP contribution in [0, 0.1) is 0 Å². The van der Waals surface area contributed by atoms with Gasteiger partial charge in [0.2, 0.25) is 0 Å². The lowest BCUT2D eigenvalue weighted by molar-refractivity contribution is 0.275. The molecule has 0 bridgehead atoms. The van der Waals surface area contributed by atoms with E-state index in [0.29, 0.717) is 13.1 Å². The predicted octanol–water partition coefficient (Wildman–Crippen LogP) is 1.73. The van der Waals surface area contributed by atoms with Crippen LogP contribution in [0.1, 0.15) is 0 Å². The maximum Gasteiger partial charge on any atom is 0.135 e. The van der Waals surface area contributed by atoms with Crippen molar-refractivity contribution in [1.82, 2.24) is 9.55 Å². The fraction of sp³-hybridized carbons (Fsp3) is 0.364. The SMILES string of the molecule is Cn1cnc2c(N3CC(F)C3)cccc21. The molecule has 0 atom stereocenters. The van der Waals surface area contributed by atoms with Crippen molar-refractivity contribution in [3.05, 3.63) is 24.5 Å². The summed E-state index contributed by atoms with van der Waals surface area (Å²) in [5.41, 5.74) is 3.10. The smallest absolute Gasteiger partial charge is 0.135 e. The highest BCUT2D eigenvalue weighted by atomic mass is 19.1. The molecule has 3 nitrogen and oxygen atoms in total. The molecule has 0 aliphatic carbocycles. The average molecular weight is 205 g/mol. The lowest BCUT2D eigenvalue weighted by Gasteiger charge is -2.36. The third kappa shape index (κ3) is 1.21. The van der Waals surface area contributed by atoms with Crippen LogP contribution < -0.4 is 4.90 Å². The third-order valence-electron chi connectivity index (χ3n) is 2.91. The summed E-state index contributed by atoms with van der Waals surface area (Å²) in [7, 11) is 1.97. The van der Waals surface area contributed by atoms with Crippen LogP contribution >= 0.6 is 0 Å². The molecular formula is C11H12FN3. The molecule has 0 radical (unpaired) electrons. The van der Waals surface area contributed by atoms with E-state index in [1.54, 1.807) is 6.33 Å². The van der Waals surface area contributed by atoms with Crippen molar-refractivity contribution >= 4 is 16.7 Å². The van der Waals surface area contributed by atoms with Crippen LogP contribution in [0.3, 0.4) is 0 Å². The van der Waals surface area contributed by atoms with Crippen molar-refractivity contribution in [2.45, 2.75) is 6.17 Å². The molecule has 78 valence electrons. The molecule has 1 saturated heterocycles. The minimum atomic E-state index is -0.677. The normalized spacial score (nSPS) is 17.1. The van der Waals surface area contributed by atoms with Gasteiger partial charge in [-0.25, -0.2) is 9.37 Å². The monoisotopic (exact) mass is 205 g/mol. The Morgan fingerprint density at radius 3 is 2.93 bits per heavy atom. The number of para-hydroxylation sites is 1. The summed E-state index contributed by atoms with van der Waals surface area (Å²) in [4.78, 5) is 6.37. The van der Waals surface area contributed by atoms with Crippen molar-refractivity contribution in [1.29, 1.82) is 0 Å². The molecule has 0 unspecified atom stereocenters. The Morgan fingerprint density at radius 2 is 2.20 bits per heavy atom. The molecule has 1 aliphatic rings. The lowest BCUT2D eigenvalue weighted by atomic mass is 10.1. The number of imidazole rings is 1. The number of nitrogens with zero attached hydrogens (tertiary/aromatic N) is 3. The minimum Gasteiger partial charge on any atom is -0.364 e. The van der Waals surface area contributed by atoms with Gasteiger partial charge in [0.1, 0.15) is 11.7 Å². The average Bonchev–Trinajstić information content (AvgIpc) is 2.56. The predicted molar refractivity (Wildman–Crippen MR) is 57.8 cm³/mol. The van der Waals surface area contributed by atoms with E-state index in [1.807, 2.05) is 34.7 Å². The maximum atomic E-state index is 12.8. The number of benzene rings is 1. The lowest BCUT2D eigenvalue weighted by Crippen LogP contribution is -2.48. The Morgan fingerprint density at radius 1 is 1.40 bits per heavy atom. The Kier molecular flexibility index (Phi) is 1.71. The topological polar surface area (TPSA) is 21.1 Å². The van der Waals surface area contributed by atoms with Gasteiger partial charge in [-0.2, -0.15) is 0 Å². The molecule has 4 heteroatoms. The van der Waals surface area contributed by atoms with E-state index in [0.717, 1.165) is 16.7 Å². The van der Waals surface area contributed by atoms with E-state index in [9.17, 15) is 4.39 Å². The van der Waals surface area contributed by atoms with Crippen LogP contribution in [0.2, 0.25) is 0 Å². The van der Waals surface area contributed by atoms with Crippen molar-refractivity contribution in [3.63, 3.8) is 0 Å². The number of aromatic nitrogens is 2. The second-order valence-corrected chi connectivity index (χ2v) is 4.00. The first-order chi connectivity index (χ1) is 7.25. The molecule has 0 N–H and O–H groups in total. The zero-order valence-corrected chi connectivity index (χ0v) is 8.52. The van der Waals surface area contributed by atoms with E-state index < -0.39 is 6.17 Å². The van der Waals surface area contributed by atoms with Gasteiger partial charge in [0.05, 0.1) is 30.6 Å². The zero-order valence-electron chi connectivity index (χ0n) is 8.52. The highest BCUT2D eigenvalue weighted by molar-refractivity contribution is 5.89. The quantitative estimate of drug-likeness (QED) is 0.707. The molecule has 1 aromatic heterocycles. The number of fused-ring (bicyclic) bond motifs is 1. The summed E-state index contributed by atoms with van der Waals surface area (Å²) >= 11 is 0. The number of hydrogen-bond donors (Lipinski definition) is 0. The summed E-state index contributed by atoms with van der Waals surface area (Å²) in [6.45, 7) is 0.991. The van der Waals surface area contributed by atoms with Crippen molar-refractivity contribution < 1.29 is 4.39 Å². The van der Waals surface area contributed by atoms with Gasteiger partial charge in [-0.05, 0) is 12.1 Å². The number of alkyl halides is 1. The highest BCUT2D eigenvalue weighted by Gasteiger charge is 2.27. The molecule has 0 amide bonds. The van der Waals surface area contributed by atoms with Crippen molar-refractivity contribution in [2.75, 3.05) is 18.0 Å². The fourth-order valence-corrected chi connectivity index (χ4v) is 2.02. The molecule has 3 rings (SSSR count). The zero-order chi connectivity index (χ0) is 10.4. The molecule has 0 saturated carbocycles. The summed E-state index contributed by atoms with van der Waals surface area (Å²) < 4.78 is 14.8. The van der Waals surface area contributed by atoms with E-state index in [-0.39, 0.29) is 0 Å². The Hall–Kier alpha value is -1.58. The summed E-state index contributed by atoms with van der Waals surface area (Å²) in [6, 6.07) is 6.02. The van der Waals surface area contributed by atoms with Crippen LogP contribution in [0.25, 0.3) is 11.0 Å². The van der Waals surface area contributed by atoms with Crippen LogP contribution in [0.5, 0.6) is 0 Å². The fourth-order valence-electron chi connectivity index (χ4n) is 2.02. The van der Waals surface area contributed by atoms with Gasteiger partial charge in [0.15, 0.2) is 0 Å². The molecular weight excluding hydrogens is 193 g/mol. The first-order valence-electron chi connectivity index (χ1n) is 5.05. The van der Waals surface area contributed by atoms with Gasteiger partial charge in [-0.3, -0.25) is 0 Å². The summed E-state index contributed by atoms with van der Waals surface area (Å²) in [5.74, 6) is 0. The van der Waals surface area contributed by atoms with E-state index in [2.05, 4.69) is 4.98 Å². The largest absolute Gasteiger partial charge is 0.364 e. The Bertz CT molecular complexity index is 500. The number of rotatable bonds is 1. The number of halogens is 1. The molecule has 2 aromatic rings. The molecule has 2 heterocycles. The van der Waals surface area contributed by atoms with Crippen LogP contribution in [-0.2, 0) is 7.05 Å². The van der Waals surface area contributed by atoms with Gasteiger partial charge in [-0.15, -0.1) is 0 Å². The van der Waals surface area contributed by atoms with E-state index >= 15 is 0 Å². The standard InChI is InChI=1S/C11H12FN3/c1-14-7-13-11-9(14)3-2-4-10(11)15-5-8(12)6-15/h2-4,7-8H,5-6H2,1H3. The van der Waals surface area contributed by atoms with Crippen LogP contribution in [0.15, 0.2) is 24.5 Å². The first kappa shape index (κ1) is 8.71. The highest BCUT2D eigenvalue weighted by Crippen LogP contribution is 2.29. The molecule has 0 spiro atoms. The molecule has 1 aliphatic heterocycles. The first-order valence-corrected chi connectivity index (χ1v) is 5.05. The summed E-state index contributed by atoms with van der Waals surface area (Å²) in [6.07, 6.45) is 1.12. The van der Waals surface area contributed by atoms with Gasteiger partial charge in [0.25, 0.3) is 0 Å². The number of aryl methyl sites for hydroxylation is 1. The van der Waals surface area contributed by atoms with Gasteiger partial charge in [0, 0.05) is 7.05 Å². The van der Waals surface area contributed by atoms with E-state index in [1.165, 1.54) is 0 Å². The van der Waals surface area contributed by atoms with Gasteiger partial charge < -0.3 is 9.47 Å².